The molecule has 1 amide bonds. The van der Waals surface area contributed by atoms with Gasteiger partial charge in [-0.25, -0.2) is 4.79 Å². The molecule has 36 heavy (non-hydrogen) atoms. The molecule has 2 aromatic rings. The number of nitrogens with zero attached hydrogens (tertiary/aromatic N) is 1. The number of anilines is 1. The number of allylic oxidation sites excluding steroid dienone is 4. The highest BCUT2D eigenvalue weighted by atomic mass is 16.6. The minimum absolute atomic E-state index is 0.0218. The van der Waals surface area contributed by atoms with Crippen LogP contribution in [-0.4, -0.2) is 34.0 Å². The fourth-order valence-electron chi connectivity index (χ4n) is 8.17. The average molecular weight is 488 g/mol. The Morgan fingerprint density at radius 2 is 2.06 bits per heavy atom. The molecule has 4 aliphatic rings. The molecule has 0 aliphatic heterocycles. The summed E-state index contributed by atoms with van der Waals surface area (Å²) in [6.07, 6.45) is 10.8. The second-order valence-corrected chi connectivity index (χ2v) is 11.7. The zero-order valence-corrected chi connectivity index (χ0v) is 21.0. The third-order valence-corrected chi connectivity index (χ3v) is 9.87. The van der Waals surface area contributed by atoms with Crippen LogP contribution in [0.5, 0.6) is 0 Å². The highest BCUT2D eigenvalue weighted by Gasteiger charge is 2.63. The topological polar surface area (TPSA) is 101 Å². The number of aromatic amines is 1. The fraction of sp³-hybridized carbons (Fsp3) is 0.517. The third kappa shape index (κ3) is 3.46. The Bertz CT molecular complexity index is 1320. The average Bonchev–Trinajstić information content (AvgIpc) is 3.42. The first-order valence-corrected chi connectivity index (χ1v) is 13.0. The van der Waals surface area contributed by atoms with Crippen LogP contribution in [0.4, 0.5) is 10.5 Å². The van der Waals surface area contributed by atoms with Gasteiger partial charge in [0.25, 0.3) is 0 Å². The van der Waals surface area contributed by atoms with Gasteiger partial charge in [0, 0.05) is 29.3 Å². The van der Waals surface area contributed by atoms with Crippen molar-refractivity contribution in [2.75, 3.05) is 5.32 Å². The summed E-state index contributed by atoms with van der Waals surface area (Å²) in [5, 5.41) is 10.8. The van der Waals surface area contributed by atoms with Gasteiger partial charge in [0.05, 0.1) is 11.7 Å². The molecule has 6 rings (SSSR count). The molecule has 0 unspecified atom stereocenters. The molecule has 0 saturated heterocycles. The molecule has 0 radical (unpaired) electrons. The van der Waals surface area contributed by atoms with Gasteiger partial charge in [-0.2, -0.15) is 5.10 Å². The van der Waals surface area contributed by atoms with Crippen LogP contribution in [0.15, 0.2) is 48.2 Å². The van der Waals surface area contributed by atoms with E-state index in [0.29, 0.717) is 24.4 Å². The molecule has 0 spiro atoms. The molecule has 2 fully saturated rings. The monoisotopic (exact) mass is 487 g/mol. The smallest absolute Gasteiger partial charge is 0.411 e. The normalized spacial score (nSPS) is 37.0. The quantitative estimate of drug-likeness (QED) is 0.587. The number of amides is 1. The van der Waals surface area contributed by atoms with Gasteiger partial charge < -0.3 is 4.74 Å². The molecule has 7 heteroatoms. The summed E-state index contributed by atoms with van der Waals surface area (Å²) < 4.78 is 6.27. The van der Waals surface area contributed by atoms with Gasteiger partial charge in [-0.3, -0.25) is 20.0 Å². The number of hydrogen-bond acceptors (Lipinski definition) is 5. The predicted octanol–water partition coefficient (Wildman–Crippen LogP) is 5.60. The van der Waals surface area contributed by atoms with Crippen molar-refractivity contribution in [3.8, 4) is 0 Å². The van der Waals surface area contributed by atoms with Crippen LogP contribution < -0.4 is 5.32 Å². The van der Waals surface area contributed by atoms with Crippen molar-refractivity contribution < 1.29 is 19.1 Å². The Kier molecular flexibility index (Phi) is 5.25. The zero-order chi connectivity index (χ0) is 25.2. The number of carbonyl (C=O) groups excluding carboxylic acids is 3. The lowest BCUT2D eigenvalue weighted by Crippen LogP contribution is -2.57. The number of benzene rings is 1. The minimum Gasteiger partial charge on any atom is -0.446 e. The van der Waals surface area contributed by atoms with E-state index in [0.717, 1.165) is 35.7 Å². The van der Waals surface area contributed by atoms with Crippen molar-refractivity contribution in [1.82, 2.24) is 10.2 Å². The fourth-order valence-corrected chi connectivity index (χ4v) is 8.17. The van der Waals surface area contributed by atoms with Crippen molar-refractivity contribution >= 4 is 34.3 Å². The lowest BCUT2D eigenvalue weighted by molar-refractivity contribution is -0.134. The van der Waals surface area contributed by atoms with E-state index in [4.69, 9.17) is 4.74 Å². The number of Topliss-reactive ketones (excluding diaryl/α,β-unsaturated/α-hetero) is 1. The summed E-state index contributed by atoms with van der Waals surface area (Å²) in [5.41, 5.74) is 2.04. The summed E-state index contributed by atoms with van der Waals surface area (Å²) in [5.74, 6) is 0.979. The van der Waals surface area contributed by atoms with Gasteiger partial charge in [0.15, 0.2) is 5.78 Å². The van der Waals surface area contributed by atoms with E-state index in [1.807, 2.05) is 18.2 Å². The molecule has 1 heterocycles. The van der Waals surface area contributed by atoms with E-state index in [1.54, 1.807) is 19.2 Å². The molecule has 4 aliphatic carbocycles. The van der Waals surface area contributed by atoms with Gasteiger partial charge in [0.2, 0.25) is 0 Å². The zero-order valence-electron chi connectivity index (χ0n) is 21.0. The lowest BCUT2D eigenvalue weighted by Gasteiger charge is -2.58. The summed E-state index contributed by atoms with van der Waals surface area (Å²) in [6, 6.07) is 5.57. The Balaban J connectivity index is 1.34. The highest BCUT2D eigenvalue weighted by Crippen LogP contribution is 2.65. The number of nitrogens with one attached hydrogen (secondary N) is 2. The number of aromatic nitrogens is 2. The van der Waals surface area contributed by atoms with Gasteiger partial charge >= 0.3 is 6.09 Å². The maximum absolute atomic E-state index is 13.2. The van der Waals surface area contributed by atoms with Crippen LogP contribution in [-0.2, 0) is 14.3 Å². The number of fused-ring (bicyclic) bond motifs is 6. The second-order valence-electron chi connectivity index (χ2n) is 11.7. The summed E-state index contributed by atoms with van der Waals surface area (Å²) in [4.78, 5) is 38.2. The van der Waals surface area contributed by atoms with Crippen LogP contribution >= 0.6 is 0 Å². The van der Waals surface area contributed by atoms with E-state index in [-0.39, 0.29) is 46.3 Å². The minimum atomic E-state index is -0.493. The van der Waals surface area contributed by atoms with Crippen LogP contribution in [0.3, 0.4) is 0 Å². The van der Waals surface area contributed by atoms with Crippen molar-refractivity contribution in [2.24, 2.45) is 34.5 Å². The number of rotatable bonds is 3. The van der Waals surface area contributed by atoms with Gasteiger partial charge in [-0.15, -0.1) is 0 Å². The molecular formula is C29H33N3O4. The molecule has 2 N–H and O–H groups in total. The first-order chi connectivity index (χ1) is 17.2. The number of ether oxygens (including phenoxy) is 1. The summed E-state index contributed by atoms with van der Waals surface area (Å²) in [7, 11) is 0. The van der Waals surface area contributed by atoms with Crippen LogP contribution in [0.1, 0.15) is 52.9 Å². The van der Waals surface area contributed by atoms with Gasteiger partial charge in [-0.1, -0.05) is 26.0 Å². The summed E-state index contributed by atoms with van der Waals surface area (Å²) >= 11 is 0. The predicted molar refractivity (Wildman–Crippen MR) is 136 cm³/mol. The van der Waals surface area contributed by atoms with Crippen molar-refractivity contribution in [1.29, 1.82) is 0 Å². The molecule has 7 atom stereocenters. The van der Waals surface area contributed by atoms with E-state index < -0.39 is 6.09 Å². The first-order valence-electron chi connectivity index (χ1n) is 13.0. The maximum atomic E-state index is 13.2. The van der Waals surface area contributed by atoms with Crippen molar-refractivity contribution in [3.63, 3.8) is 0 Å². The molecule has 188 valence electrons. The largest absolute Gasteiger partial charge is 0.446 e. The third-order valence-electron chi connectivity index (χ3n) is 9.87. The van der Waals surface area contributed by atoms with E-state index in [2.05, 4.69) is 41.5 Å². The Labute approximate surface area is 210 Å². The van der Waals surface area contributed by atoms with E-state index in [1.165, 1.54) is 0 Å². The SMILES string of the molecule is CC(=O)[C@H]1CC[C@H]2[C@@H]3C=CC4=CC(=O)CC[C@@]4(C)[C@@H]3[C@@H](OC(=O)Nc3ccc4cn[nH]c4c3)C[C@]12C. The van der Waals surface area contributed by atoms with Crippen LogP contribution in [0.2, 0.25) is 0 Å². The Hall–Kier alpha value is -3.22. The summed E-state index contributed by atoms with van der Waals surface area (Å²) in [6.45, 7) is 6.15. The van der Waals surface area contributed by atoms with E-state index >= 15 is 0 Å². The Morgan fingerprint density at radius 3 is 2.86 bits per heavy atom. The second kappa shape index (κ2) is 8.15. The van der Waals surface area contributed by atoms with Crippen LogP contribution in [0.25, 0.3) is 10.9 Å². The lowest BCUT2D eigenvalue weighted by atomic mass is 9.47. The molecule has 7 nitrogen and oxygen atoms in total. The molecule has 0 bridgehead atoms. The van der Waals surface area contributed by atoms with Crippen LogP contribution in [0, 0.1) is 34.5 Å². The molecule has 2 saturated carbocycles. The van der Waals surface area contributed by atoms with Gasteiger partial charge in [0.1, 0.15) is 11.9 Å². The Morgan fingerprint density at radius 1 is 1.22 bits per heavy atom. The molecule has 1 aromatic carbocycles. The number of carbonyl (C=O) groups is 3. The standard InChI is InChI=1S/C29H33N3O4/c1-16(33)22-8-9-23-21-7-5-18-12-20(34)10-11-28(18,2)26(21)25(14-29(22,23)3)36-27(35)31-19-6-4-17-15-30-32-24(17)13-19/h4-7,12-13,15,21-23,25-26H,8-11,14H2,1-3H3,(H,30,32)(H,31,35)/t21-,22+,23-,25-,26-,28+,29+/m0/s1. The number of hydrogen-bond donors (Lipinski definition) is 2. The highest BCUT2D eigenvalue weighted by molar-refractivity contribution is 5.92. The molecular weight excluding hydrogens is 454 g/mol. The number of ketones is 2. The van der Waals surface area contributed by atoms with E-state index in [9.17, 15) is 14.4 Å². The maximum Gasteiger partial charge on any atom is 0.411 e. The van der Waals surface area contributed by atoms with Crippen molar-refractivity contribution in [2.45, 2.75) is 59.0 Å². The first kappa shape index (κ1) is 23.2. The van der Waals surface area contributed by atoms with Crippen molar-refractivity contribution in [3.05, 3.63) is 48.2 Å². The molecule has 1 aromatic heterocycles. The number of H-pyrrole nitrogens is 1. The van der Waals surface area contributed by atoms with Gasteiger partial charge in [-0.05, 0) is 85.1 Å².